The maximum Gasteiger partial charge on any atom is 0.0356 e. The molecule has 2 aliphatic rings. The molecule has 0 aromatic carbocycles. The molecule has 1 N–H and O–H groups in total. The van der Waals surface area contributed by atoms with Gasteiger partial charge in [0.2, 0.25) is 0 Å². The summed E-state index contributed by atoms with van der Waals surface area (Å²) >= 11 is 0. The molecule has 0 spiro atoms. The monoisotopic (exact) mass is 160 g/mol. The number of hydrogen-bond donors (Lipinski definition) is 1. The number of nitrogens with one attached hydrogen (secondary N) is 1. The number of hydrogen-bond acceptors (Lipinski definition) is 2. The van der Waals surface area contributed by atoms with Crippen LogP contribution in [-0.4, -0.2) is 11.5 Å². The summed E-state index contributed by atoms with van der Waals surface area (Å²) in [5.74, 6) is 0.851. The Labute approximate surface area is 72.0 Å². The van der Waals surface area contributed by atoms with Gasteiger partial charge in [0.05, 0.1) is 0 Å². The lowest BCUT2D eigenvalue weighted by atomic mass is 10.0. The van der Waals surface area contributed by atoms with E-state index < -0.39 is 0 Å². The lowest BCUT2D eigenvalue weighted by Gasteiger charge is -2.08. The van der Waals surface area contributed by atoms with Crippen LogP contribution in [0.25, 0.3) is 0 Å². The number of pyridine rings is 1. The Bertz CT molecular complexity index is 308. The molecule has 1 saturated heterocycles. The molecule has 0 radical (unpaired) electrons. The molecule has 2 heteroatoms. The summed E-state index contributed by atoms with van der Waals surface area (Å²) in [6.07, 6.45) is 6.50. The van der Waals surface area contributed by atoms with Crippen LogP contribution in [0.2, 0.25) is 0 Å². The third-order valence-electron chi connectivity index (χ3n) is 3.11. The molecule has 2 nitrogen and oxygen atoms in total. The SMILES string of the molecule is c1cc2c(cn1)CC1CCNC21. The molecule has 12 heavy (non-hydrogen) atoms. The van der Waals surface area contributed by atoms with Gasteiger partial charge in [0, 0.05) is 18.4 Å². The van der Waals surface area contributed by atoms with Gasteiger partial charge in [-0.15, -0.1) is 0 Å². The zero-order valence-electron chi connectivity index (χ0n) is 6.96. The van der Waals surface area contributed by atoms with Crippen molar-refractivity contribution in [3.05, 3.63) is 29.6 Å². The van der Waals surface area contributed by atoms with E-state index in [2.05, 4.69) is 16.4 Å². The van der Waals surface area contributed by atoms with Crippen LogP contribution in [-0.2, 0) is 6.42 Å². The van der Waals surface area contributed by atoms with Crippen LogP contribution in [0.4, 0.5) is 0 Å². The highest BCUT2D eigenvalue weighted by Crippen LogP contribution is 2.40. The highest BCUT2D eigenvalue weighted by Gasteiger charge is 2.35. The smallest absolute Gasteiger partial charge is 0.0356 e. The van der Waals surface area contributed by atoms with Crippen molar-refractivity contribution in [2.24, 2.45) is 5.92 Å². The maximum atomic E-state index is 4.16. The molecule has 0 bridgehead atoms. The molecule has 1 aliphatic carbocycles. The molecule has 1 fully saturated rings. The van der Waals surface area contributed by atoms with E-state index in [-0.39, 0.29) is 0 Å². The number of fused-ring (bicyclic) bond motifs is 3. The van der Waals surface area contributed by atoms with Crippen molar-refractivity contribution in [3.63, 3.8) is 0 Å². The number of nitrogens with zero attached hydrogens (tertiary/aromatic N) is 1. The predicted molar refractivity (Wildman–Crippen MR) is 46.8 cm³/mol. The highest BCUT2D eigenvalue weighted by molar-refractivity contribution is 5.34. The van der Waals surface area contributed by atoms with Gasteiger partial charge in [0.1, 0.15) is 0 Å². The molecule has 0 saturated carbocycles. The first-order chi connectivity index (χ1) is 5.95. The summed E-state index contributed by atoms with van der Waals surface area (Å²) in [5, 5.41) is 3.55. The summed E-state index contributed by atoms with van der Waals surface area (Å²) in [6, 6.07) is 2.81. The first-order valence-electron chi connectivity index (χ1n) is 4.61. The van der Waals surface area contributed by atoms with Gasteiger partial charge in [-0.1, -0.05) is 0 Å². The summed E-state index contributed by atoms with van der Waals surface area (Å²) < 4.78 is 0. The van der Waals surface area contributed by atoms with Crippen LogP contribution in [0.3, 0.4) is 0 Å². The van der Waals surface area contributed by atoms with Crippen molar-refractivity contribution in [3.8, 4) is 0 Å². The van der Waals surface area contributed by atoms with Crippen LogP contribution in [0, 0.1) is 5.92 Å². The standard InChI is InChI=1S/C10H12N2/c1-4-12-10-7(1)5-8-6-11-3-2-9(8)10/h2-3,6-7,10,12H,1,4-5H2. The molecule has 62 valence electrons. The summed E-state index contributed by atoms with van der Waals surface area (Å²) in [7, 11) is 0. The van der Waals surface area contributed by atoms with Gasteiger partial charge in [0.25, 0.3) is 0 Å². The molecule has 2 atom stereocenters. The van der Waals surface area contributed by atoms with Crippen LogP contribution in [0.5, 0.6) is 0 Å². The number of aromatic nitrogens is 1. The second-order valence-corrected chi connectivity index (χ2v) is 3.76. The minimum absolute atomic E-state index is 0.642. The van der Waals surface area contributed by atoms with E-state index in [1.54, 1.807) is 0 Å². The molecule has 1 aliphatic heterocycles. The molecule has 3 rings (SSSR count). The second kappa shape index (κ2) is 2.30. The Morgan fingerprint density at radius 2 is 2.50 bits per heavy atom. The van der Waals surface area contributed by atoms with Crippen LogP contribution >= 0.6 is 0 Å². The van der Waals surface area contributed by atoms with Crippen molar-refractivity contribution in [2.45, 2.75) is 18.9 Å². The summed E-state index contributed by atoms with van der Waals surface area (Å²) in [5.41, 5.74) is 2.95. The highest BCUT2D eigenvalue weighted by atomic mass is 15.0. The second-order valence-electron chi connectivity index (χ2n) is 3.76. The van der Waals surface area contributed by atoms with E-state index in [4.69, 9.17) is 0 Å². The van der Waals surface area contributed by atoms with E-state index in [9.17, 15) is 0 Å². The van der Waals surface area contributed by atoms with Gasteiger partial charge in [-0.25, -0.2) is 0 Å². The topological polar surface area (TPSA) is 24.9 Å². The Morgan fingerprint density at radius 3 is 3.50 bits per heavy atom. The van der Waals surface area contributed by atoms with E-state index in [1.807, 2.05) is 12.4 Å². The average molecular weight is 160 g/mol. The van der Waals surface area contributed by atoms with Crippen molar-refractivity contribution >= 4 is 0 Å². The van der Waals surface area contributed by atoms with E-state index in [0.717, 1.165) is 5.92 Å². The Balaban J connectivity index is 2.09. The van der Waals surface area contributed by atoms with Crippen molar-refractivity contribution < 1.29 is 0 Å². The third kappa shape index (κ3) is 0.758. The van der Waals surface area contributed by atoms with Crippen molar-refractivity contribution in [1.82, 2.24) is 10.3 Å². The molecule has 2 unspecified atom stereocenters. The van der Waals surface area contributed by atoms with Crippen molar-refractivity contribution in [2.75, 3.05) is 6.54 Å². The average Bonchev–Trinajstić information content (AvgIpc) is 2.62. The van der Waals surface area contributed by atoms with Crippen molar-refractivity contribution in [1.29, 1.82) is 0 Å². The fourth-order valence-electron chi connectivity index (χ4n) is 2.54. The minimum atomic E-state index is 0.642. The predicted octanol–water partition coefficient (Wildman–Crippen LogP) is 1.29. The van der Waals surface area contributed by atoms with Crippen LogP contribution in [0.15, 0.2) is 18.5 Å². The number of rotatable bonds is 0. The van der Waals surface area contributed by atoms with Crippen LogP contribution < -0.4 is 5.32 Å². The zero-order valence-corrected chi connectivity index (χ0v) is 6.96. The zero-order chi connectivity index (χ0) is 7.97. The molecule has 1 aromatic rings. The lowest BCUT2D eigenvalue weighted by Crippen LogP contribution is -2.13. The summed E-state index contributed by atoms with van der Waals surface area (Å²) in [6.45, 7) is 1.19. The van der Waals surface area contributed by atoms with Gasteiger partial charge in [-0.05, 0) is 42.5 Å². The summed E-state index contributed by atoms with van der Waals surface area (Å²) in [4.78, 5) is 4.16. The third-order valence-corrected chi connectivity index (χ3v) is 3.11. The minimum Gasteiger partial charge on any atom is -0.310 e. The molecule has 0 amide bonds. The Hall–Kier alpha value is -0.890. The Kier molecular flexibility index (Phi) is 1.27. The largest absolute Gasteiger partial charge is 0.310 e. The van der Waals surface area contributed by atoms with Gasteiger partial charge in [-0.3, -0.25) is 4.98 Å². The molecule has 1 aromatic heterocycles. The molecular weight excluding hydrogens is 148 g/mol. The van der Waals surface area contributed by atoms with E-state index in [1.165, 1.54) is 30.5 Å². The normalized spacial score (nSPS) is 31.7. The van der Waals surface area contributed by atoms with Gasteiger partial charge < -0.3 is 5.32 Å². The van der Waals surface area contributed by atoms with Crippen LogP contribution in [0.1, 0.15) is 23.6 Å². The first kappa shape index (κ1) is 6.61. The fourth-order valence-corrected chi connectivity index (χ4v) is 2.54. The first-order valence-corrected chi connectivity index (χ1v) is 4.61. The lowest BCUT2D eigenvalue weighted by molar-refractivity contribution is 0.504. The molecule has 2 heterocycles. The Morgan fingerprint density at radius 1 is 1.50 bits per heavy atom. The molecular formula is C10H12N2. The fraction of sp³-hybridized carbons (Fsp3) is 0.500. The van der Waals surface area contributed by atoms with Gasteiger partial charge >= 0.3 is 0 Å². The van der Waals surface area contributed by atoms with Gasteiger partial charge in [0.15, 0.2) is 0 Å². The quantitative estimate of drug-likeness (QED) is 0.618. The van der Waals surface area contributed by atoms with E-state index in [0.29, 0.717) is 6.04 Å². The maximum absolute atomic E-state index is 4.16. The van der Waals surface area contributed by atoms with Gasteiger partial charge in [-0.2, -0.15) is 0 Å². The van der Waals surface area contributed by atoms with E-state index >= 15 is 0 Å².